The molecule has 1 aromatic rings. The molecule has 5 nitrogen and oxygen atoms in total. The van der Waals surface area contributed by atoms with Crippen molar-refractivity contribution in [2.75, 3.05) is 6.61 Å². The summed E-state index contributed by atoms with van der Waals surface area (Å²) in [5.74, 6) is -0.102. The number of ether oxygens (including phenoxy) is 2. The Morgan fingerprint density at radius 1 is 1.23 bits per heavy atom. The summed E-state index contributed by atoms with van der Waals surface area (Å²) in [4.78, 5) is 18.0. The van der Waals surface area contributed by atoms with Crippen LogP contribution in [0.25, 0.3) is 0 Å². The largest absolute Gasteiger partial charge is 0.462 e. The Morgan fingerprint density at radius 2 is 1.91 bits per heavy atom. The van der Waals surface area contributed by atoms with Gasteiger partial charge in [-0.15, -0.1) is 0 Å². The first-order chi connectivity index (χ1) is 19.9. The van der Waals surface area contributed by atoms with Crippen LogP contribution in [-0.2, 0) is 30.7 Å². The monoisotopic (exact) mass is 719 g/mol. The van der Waals surface area contributed by atoms with Gasteiger partial charge in [-0.2, -0.15) is 0 Å². The highest BCUT2D eigenvalue weighted by molar-refractivity contribution is 14.1. The summed E-state index contributed by atoms with van der Waals surface area (Å²) in [6.45, 7) is 29.4. The van der Waals surface area contributed by atoms with Crippen LogP contribution < -0.4 is 0 Å². The maximum Gasteiger partial charge on any atom is 0.337 e. The van der Waals surface area contributed by atoms with Crippen molar-refractivity contribution in [3.8, 4) is 0 Å². The summed E-state index contributed by atoms with van der Waals surface area (Å²) < 4.78 is 20.3. The lowest BCUT2D eigenvalue weighted by atomic mass is 9.70. The molecule has 3 unspecified atom stereocenters. The molecule has 1 spiro atoms. The Balaban J connectivity index is 1.95. The lowest BCUT2D eigenvalue weighted by molar-refractivity contribution is -0.138. The second-order valence-corrected chi connectivity index (χ2v) is 21.6. The molecule has 43 heavy (non-hydrogen) atoms. The van der Waals surface area contributed by atoms with Gasteiger partial charge >= 0.3 is 5.97 Å². The highest BCUT2D eigenvalue weighted by Gasteiger charge is 2.57. The Hall–Kier alpha value is -1.29. The van der Waals surface area contributed by atoms with E-state index in [1.165, 1.54) is 22.4 Å². The van der Waals surface area contributed by atoms with Gasteiger partial charge in [-0.25, -0.2) is 4.79 Å². The summed E-state index contributed by atoms with van der Waals surface area (Å²) in [7, 11) is -2.09. The number of carbonyl (C=O) groups is 1. The van der Waals surface area contributed by atoms with E-state index in [2.05, 4.69) is 90.7 Å². The van der Waals surface area contributed by atoms with Crippen molar-refractivity contribution in [1.82, 2.24) is 4.98 Å². The fraction of sp³-hybridized carbons (Fsp3) is 0.667. The molecular weight excluding hydrogens is 665 g/mol. The topological polar surface area (TPSA) is 57.7 Å². The quantitative estimate of drug-likeness (QED) is 0.0669. The minimum Gasteiger partial charge on any atom is -0.462 e. The molecule has 1 aromatic heterocycles. The minimum absolute atomic E-state index is 0.0206. The molecule has 2 heterocycles. The maximum atomic E-state index is 12.5. The van der Waals surface area contributed by atoms with Gasteiger partial charge < -0.3 is 13.9 Å². The molecule has 0 saturated heterocycles. The van der Waals surface area contributed by atoms with Crippen LogP contribution in [0, 0.1) is 5.41 Å². The molecule has 3 aliphatic rings. The molecule has 238 valence electrons. The maximum absolute atomic E-state index is 12.5. The van der Waals surface area contributed by atoms with Gasteiger partial charge in [-0.1, -0.05) is 89.8 Å². The Kier molecular flexibility index (Phi) is 10.0. The summed E-state index contributed by atoms with van der Waals surface area (Å²) in [6, 6.07) is 0. The number of allylic oxidation sites excluding steroid dienone is 1. The van der Waals surface area contributed by atoms with Gasteiger partial charge in [0.1, 0.15) is 11.7 Å². The summed E-state index contributed by atoms with van der Waals surface area (Å²) in [5.41, 5.74) is 7.16. The van der Waals surface area contributed by atoms with Gasteiger partial charge in [0.25, 0.3) is 0 Å². The number of pyridine rings is 1. The van der Waals surface area contributed by atoms with Crippen molar-refractivity contribution in [3.05, 3.63) is 64.0 Å². The molecule has 0 radical (unpaired) electrons. The van der Waals surface area contributed by atoms with Gasteiger partial charge in [0.05, 0.1) is 18.3 Å². The van der Waals surface area contributed by atoms with E-state index in [1.54, 1.807) is 6.08 Å². The van der Waals surface area contributed by atoms with Crippen molar-refractivity contribution in [1.29, 1.82) is 0 Å². The zero-order valence-corrected chi connectivity index (χ0v) is 31.6. The van der Waals surface area contributed by atoms with E-state index in [9.17, 15) is 4.79 Å². The second kappa shape index (κ2) is 12.5. The number of nitrogens with zero attached hydrogens (tertiary/aromatic N) is 1. The molecule has 2 aliphatic carbocycles. The third-order valence-electron chi connectivity index (χ3n) is 10.0. The lowest BCUT2D eigenvalue weighted by Gasteiger charge is -2.45. The number of hydrogen-bond acceptors (Lipinski definition) is 5. The SMILES string of the molecule is C=C(/C=C\C(=C/C)C(=O)OCC)[C@H]1OC2(CCCC2I)c2c3c(nc(C(C)C)c21)CC(C)(C)CC3O[Si](C)(C)C(C)(C)C. The molecule has 4 rings (SSSR count). The van der Waals surface area contributed by atoms with E-state index in [1.807, 2.05) is 26.0 Å². The minimum atomic E-state index is -2.09. The first-order valence-electron chi connectivity index (χ1n) is 16.2. The molecular formula is C36H54INO4Si. The first kappa shape index (κ1) is 34.6. The standard InChI is InChI=1S/C36H54INO4Si/c1-13-24(33(39)40-14-2)18-17-23(5)32-29-30(36(41-32)19-15-16-27(36)37)28-25(38-31(29)22(3)4)20-35(9,10)21-26(28)42-43(11,12)34(6,7)8/h13,17-18,22,26-27,32H,5,14-16,19-21H2,1-4,6-12H3/b18-17-,24-13+/t26?,27?,32-,36?/m1/s1. The normalized spacial score (nSPS) is 27.2. The van der Waals surface area contributed by atoms with Crippen molar-refractivity contribution < 1.29 is 18.7 Å². The van der Waals surface area contributed by atoms with Gasteiger partial charge in [-0.05, 0) is 87.1 Å². The predicted molar refractivity (Wildman–Crippen MR) is 187 cm³/mol. The highest BCUT2D eigenvalue weighted by atomic mass is 127. The number of halogens is 1. The van der Waals surface area contributed by atoms with Gasteiger partial charge in [0.15, 0.2) is 8.32 Å². The number of hydrogen-bond donors (Lipinski definition) is 0. The number of rotatable bonds is 8. The number of alkyl halides is 1. The average molecular weight is 720 g/mol. The average Bonchev–Trinajstić information content (AvgIpc) is 3.42. The van der Waals surface area contributed by atoms with Gasteiger partial charge in [-0.3, -0.25) is 4.98 Å². The van der Waals surface area contributed by atoms with Crippen molar-refractivity contribution >= 4 is 36.9 Å². The van der Waals surface area contributed by atoms with Crippen LogP contribution in [-0.4, -0.2) is 29.8 Å². The zero-order chi connectivity index (χ0) is 32.1. The molecule has 0 amide bonds. The highest BCUT2D eigenvalue weighted by Crippen LogP contribution is 2.62. The van der Waals surface area contributed by atoms with Crippen LogP contribution in [0.15, 0.2) is 36.0 Å². The van der Waals surface area contributed by atoms with Crippen LogP contribution in [0.5, 0.6) is 0 Å². The van der Waals surface area contributed by atoms with E-state index < -0.39 is 13.9 Å². The van der Waals surface area contributed by atoms with Crippen LogP contribution in [0.2, 0.25) is 18.1 Å². The van der Waals surface area contributed by atoms with Crippen LogP contribution in [0.1, 0.15) is 134 Å². The fourth-order valence-electron chi connectivity index (χ4n) is 6.81. The van der Waals surface area contributed by atoms with Crippen molar-refractivity contribution in [2.45, 2.75) is 140 Å². The third-order valence-corrected chi connectivity index (χ3v) is 16.2. The molecule has 0 aromatic carbocycles. The number of esters is 1. The molecule has 7 heteroatoms. The predicted octanol–water partition coefficient (Wildman–Crippen LogP) is 10.1. The van der Waals surface area contributed by atoms with Crippen LogP contribution >= 0.6 is 22.6 Å². The second-order valence-electron chi connectivity index (χ2n) is 15.3. The Labute approximate surface area is 275 Å². The molecule has 1 aliphatic heterocycles. The summed E-state index contributed by atoms with van der Waals surface area (Å²) in [5, 5.41) is 0.0988. The van der Waals surface area contributed by atoms with Crippen LogP contribution in [0.4, 0.5) is 0 Å². The van der Waals surface area contributed by atoms with Gasteiger partial charge in [0, 0.05) is 32.0 Å². The van der Waals surface area contributed by atoms with Crippen LogP contribution in [0.3, 0.4) is 0 Å². The Morgan fingerprint density at radius 3 is 2.44 bits per heavy atom. The van der Waals surface area contributed by atoms with E-state index in [0.717, 1.165) is 43.4 Å². The van der Waals surface area contributed by atoms with E-state index in [0.29, 0.717) is 16.1 Å². The van der Waals surface area contributed by atoms with Crippen molar-refractivity contribution in [2.24, 2.45) is 5.41 Å². The smallest absolute Gasteiger partial charge is 0.337 e. The molecule has 1 saturated carbocycles. The van der Waals surface area contributed by atoms with Crippen molar-refractivity contribution in [3.63, 3.8) is 0 Å². The molecule has 1 fully saturated rings. The fourth-order valence-corrected chi connectivity index (χ4v) is 9.28. The summed E-state index contributed by atoms with van der Waals surface area (Å²) in [6.07, 6.45) is 10.3. The third kappa shape index (κ3) is 6.52. The molecule has 4 atom stereocenters. The molecule has 0 bridgehead atoms. The Bertz CT molecular complexity index is 1320. The van der Waals surface area contributed by atoms with Gasteiger partial charge in [0.2, 0.25) is 0 Å². The zero-order valence-electron chi connectivity index (χ0n) is 28.4. The number of aromatic nitrogens is 1. The number of fused-ring (bicyclic) bond motifs is 4. The summed E-state index contributed by atoms with van der Waals surface area (Å²) >= 11 is 2.64. The number of carbonyl (C=O) groups excluding carboxylic acids is 1. The van der Waals surface area contributed by atoms with E-state index in [4.69, 9.17) is 18.9 Å². The van der Waals surface area contributed by atoms with E-state index in [-0.39, 0.29) is 34.5 Å². The lowest BCUT2D eigenvalue weighted by Crippen LogP contribution is -2.44. The van der Waals surface area contributed by atoms with E-state index >= 15 is 0 Å². The first-order valence-corrected chi connectivity index (χ1v) is 20.3. The molecule has 0 N–H and O–H groups in total.